The maximum Gasteiger partial charge on any atom is 0.335 e. The Kier molecular flexibility index (Phi) is 4.02. The number of rotatable bonds is 4. The third-order valence-electron chi connectivity index (χ3n) is 4.00. The Morgan fingerprint density at radius 3 is 2.83 bits per heavy atom. The van der Waals surface area contributed by atoms with Crippen LogP contribution in [0.25, 0.3) is 22.2 Å². The third-order valence-corrected chi connectivity index (χ3v) is 4.00. The second kappa shape index (κ2) is 6.14. The minimum absolute atomic E-state index is 0.0292. The van der Waals surface area contributed by atoms with Crippen LogP contribution in [0.3, 0.4) is 0 Å². The summed E-state index contributed by atoms with van der Waals surface area (Å²) in [5.74, 6) is -1.01. The molecule has 0 saturated heterocycles. The van der Waals surface area contributed by atoms with Gasteiger partial charge in [0.25, 0.3) is 0 Å². The van der Waals surface area contributed by atoms with Crippen LogP contribution in [0, 0.1) is 11.3 Å². The second-order valence-electron chi connectivity index (χ2n) is 5.56. The van der Waals surface area contributed by atoms with E-state index < -0.39 is 5.97 Å². The highest BCUT2D eigenvalue weighted by molar-refractivity contribution is 5.92. The van der Waals surface area contributed by atoms with Crippen molar-refractivity contribution in [2.75, 3.05) is 6.61 Å². The number of carboxylic acids is 1. The summed E-state index contributed by atoms with van der Waals surface area (Å²) in [5.41, 5.74) is 2.76. The molecule has 0 radical (unpaired) electrons. The van der Waals surface area contributed by atoms with Crippen molar-refractivity contribution in [3.05, 3.63) is 53.9 Å². The van der Waals surface area contributed by atoms with Gasteiger partial charge < -0.3 is 14.8 Å². The van der Waals surface area contributed by atoms with E-state index in [0.29, 0.717) is 11.3 Å². The molecule has 1 atom stereocenters. The van der Waals surface area contributed by atoms with Crippen molar-refractivity contribution in [2.24, 2.45) is 0 Å². The van der Waals surface area contributed by atoms with Gasteiger partial charge in [-0.3, -0.25) is 4.98 Å². The molecule has 0 fully saturated rings. The average Bonchev–Trinajstić information content (AvgIpc) is 2.99. The van der Waals surface area contributed by atoms with Crippen LogP contribution in [-0.4, -0.2) is 32.3 Å². The topological polar surface area (TPSA) is 99.1 Å². The molecular weight excluding hydrogens is 306 g/mol. The Balaban J connectivity index is 2.17. The van der Waals surface area contributed by atoms with Crippen LogP contribution in [0.5, 0.6) is 0 Å². The van der Waals surface area contributed by atoms with Crippen LogP contribution in [-0.2, 0) is 0 Å². The van der Waals surface area contributed by atoms with E-state index in [1.165, 1.54) is 18.3 Å². The van der Waals surface area contributed by atoms with E-state index in [-0.39, 0.29) is 18.2 Å². The number of aliphatic hydroxyl groups excluding tert-OH is 1. The molecule has 0 aliphatic rings. The smallest absolute Gasteiger partial charge is 0.335 e. The van der Waals surface area contributed by atoms with Gasteiger partial charge in [0.2, 0.25) is 0 Å². The zero-order valence-electron chi connectivity index (χ0n) is 13.0. The molecular formula is C18H15N3O3. The largest absolute Gasteiger partial charge is 0.478 e. The number of hydrogen-bond donors (Lipinski definition) is 2. The van der Waals surface area contributed by atoms with Crippen molar-refractivity contribution < 1.29 is 15.0 Å². The molecule has 2 aromatic heterocycles. The highest BCUT2D eigenvalue weighted by Gasteiger charge is 2.14. The lowest BCUT2D eigenvalue weighted by Crippen LogP contribution is -2.07. The van der Waals surface area contributed by atoms with E-state index >= 15 is 0 Å². The first kappa shape index (κ1) is 15.7. The fourth-order valence-corrected chi connectivity index (χ4v) is 2.68. The van der Waals surface area contributed by atoms with Crippen LogP contribution in [0.15, 0.2) is 42.7 Å². The van der Waals surface area contributed by atoms with Gasteiger partial charge in [-0.15, -0.1) is 0 Å². The minimum atomic E-state index is -1.01. The maximum atomic E-state index is 11.1. The summed E-state index contributed by atoms with van der Waals surface area (Å²) in [7, 11) is 0. The van der Waals surface area contributed by atoms with Gasteiger partial charge in [0.05, 0.1) is 29.5 Å². The Bertz CT molecular complexity index is 969. The second-order valence-corrected chi connectivity index (χ2v) is 5.56. The Morgan fingerprint density at radius 2 is 2.17 bits per heavy atom. The molecule has 0 saturated carbocycles. The summed E-state index contributed by atoms with van der Waals surface area (Å²) in [4.78, 5) is 15.3. The highest BCUT2D eigenvalue weighted by atomic mass is 16.4. The first-order chi connectivity index (χ1) is 11.5. The lowest BCUT2D eigenvalue weighted by Gasteiger charge is -2.12. The van der Waals surface area contributed by atoms with Crippen LogP contribution < -0.4 is 0 Å². The molecule has 1 aromatic carbocycles. The number of fused-ring (bicyclic) bond motifs is 1. The maximum absolute atomic E-state index is 11.1. The average molecular weight is 321 g/mol. The molecule has 24 heavy (non-hydrogen) atoms. The molecule has 0 amide bonds. The molecule has 0 aliphatic carbocycles. The van der Waals surface area contributed by atoms with Crippen molar-refractivity contribution in [2.45, 2.75) is 13.0 Å². The molecule has 3 aromatic rings. The number of aliphatic hydroxyl groups is 1. The van der Waals surface area contributed by atoms with Gasteiger partial charge >= 0.3 is 5.97 Å². The molecule has 3 rings (SSSR count). The first-order valence-corrected chi connectivity index (χ1v) is 7.40. The quantitative estimate of drug-likeness (QED) is 0.770. The minimum Gasteiger partial charge on any atom is -0.478 e. The van der Waals surface area contributed by atoms with E-state index in [0.717, 1.165) is 16.5 Å². The molecule has 0 spiro atoms. The van der Waals surface area contributed by atoms with Gasteiger partial charge in [-0.1, -0.05) is 6.07 Å². The van der Waals surface area contributed by atoms with Crippen molar-refractivity contribution in [1.29, 1.82) is 5.26 Å². The van der Waals surface area contributed by atoms with Crippen molar-refractivity contribution in [3.8, 4) is 17.3 Å². The van der Waals surface area contributed by atoms with E-state index in [9.17, 15) is 15.2 Å². The molecule has 2 heterocycles. The van der Waals surface area contributed by atoms with Gasteiger partial charge in [0.1, 0.15) is 6.07 Å². The molecule has 6 heteroatoms. The van der Waals surface area contributed by atoms with Crippen LogP contribution in [0.2, 0.25) is 0 Å². The third kappa shape index (κ3) is 2.62. The van der Waals surface area contributed by atoms with E-state index in [2.05, 4.69) is 11.1 Å². The van der Waals surface area contributed by atoms with Gasteiger partial charge in [0, 0.05) is 28.9 Å². The summed E-state index contributed by atoms with van der Waals surface area (Å²) in [6.07, 6.45) is 3.17. The molecule has 1 unspecified atom stereocenters. The van der Waals surface area contributed by atoms with Crippen molar-refractivity contribution in [3.63, 3.8) is 0 Å². The lowest BCUT2D eigenvalue weighted by molar-refractivity contribution is 0.0697. The van der Waals surface area contributed by atoms with Gasteiger partial charge in [-0.2, -0.15) is 5.26 Å². The standard InChI is InChI=1S/C18H15N3O3/c1-11(10-22)21-9-14(8-19)15-6-12(2-3-17(15)21)16-7-13(18(23)24)4-5-20-16/h2-7,9,11,22H,10H2,1H3,(H,23,24). The monoisotopic (exact) mass is 321 g/mol. The van der Waals surface area contributed by atoms with Crippen LogP contribution in [0.1, 0.15) is 28.9 Å². The molecule has 2 N–H and O–H groups in total. The number of hydrogen-bond acceptors (Lipinski definition) is 4. The van der Waals surface area contributed by atoms with Crippen LogP contribution in [0.4, 0.5) is 0 Å². The summed E-state index contributed by atoms with van der Waals surface area (Å²) < 4.78 is 1.86. The van der Waals surface area contributed by atoms with E-state index in [1.54, 1.807) is 6.20 Å². The van der Waals surface area contributed by atoms with Gasteiger partial charge in [-0.05, 0) is 31.2 Å². The lowest BCUT2D eigenvalue weighted by atomic mass is 10.1. The summed E-state index contributed by atoms with van der Waals surface area (Å²) in [6, 6.07) is 10.5. The normalized spacial score (nSPS) is 12.0. The molecule has 6 nitrogen and oxygen atoms in total. The Morgan fingerprint density at radius 1 is 1.38 bits per heavy atom. The number of nitriles is 1. The number of pyridine rings is 1. The molecule has 120 valence electrons. The van der Waals surface area contributed by atoms with Crippen LogP contribution >= 0.6 is 0 Å². The van der Waals surface area contributed by atoms with E-state index in [1.807, 2.05) is 29.7 Å². The molecule has 0 aliphatic heterocycles. The van der Waals surface area contributed by atoms with E-state index in [4.69, 9.17) is 5.11 Å². The molecule has 0 bridgehead atoms. The van der Waals surface area contributed by atoms with Gasteiger partial charge in [-0.25, -0.2) is 4.79 Å². The highest BCUT2D eigenvalue weighted by Crippen LogP contribution is 2.29. The number of aromatic carboxylic acids is 1. The fourth-order valence-electron chi connectivity index (χ4n) is 2.68. The predicted octanol–water partition coefficient (Wildman–Crippen LogP) is 2.83. The first-order valence-electron chi connectivity index (χ1n) is 7.40. The predicted molar refractivity (Wildman–Crippen MR) is 88.6 cm³/mol. The number of aromatic nitrogens is 2. The summed E-state index contributed by atoms with van der Waals surface area (Å²) in [6.45, 7) is 1.84. The zero-order valence-corrected chi connectivity index (χ0v) is 13.0. The van der Waals surface area contributed by atoms with Crippen molar-refractivity contribution in [1.82, 2.24) is 9.55 Å². The van der Waals surface area contributed by atoms with Gasteiger partial charge in [0.15, 0.2) is 0 Å². The Labute approximate surface area is 138 Å². The fraction of sp³-hybridized carbons (Fsp3) is 0.167. The Hall–Kier alpha value is -3.17. The summed E-state index contributed by atoms with van der Waals surface area (Å²) >= 11 is 0. The number of carboxylic acid groups (broad SMARTS) is 1. The summed E-state index contributed by atoms with van der Waals surface area (Å²) in [5, 5.41) is 28.6. The number of benzene rings is 1. The SMILES string of the molecule is CC(CO)n1cc(C#N)c2cc(-c3cc(C(=O)O)ccn3)ccc21. The van der Waals surface area contributed by atoms with Crippen molar-refractivity contribution >= 4 is 16.9 Å². The number of nitrogens with zero attached hydrogens (tertiary/aromatic N) is 3. The zero-order chi connectivity index (χ0) is 17.3. The number of carbonyl (C=O) groups is 1.